The number of likely N-dealkylation sites (tertiary alicyclic amines) is 1. The lowest BCUT2D eigenvalue weighted by Crippen LogP contribution is -2.47. The highest BCUT2D eigenvalue weighted by Crippen LogP contribution is 2.24. The summed E-state index contributed by atoms with van der Waals surface area (Å²) in [6, 6.07) is 21.3. The van der Waals surface area contributed by atoms with Crippen LogP contribution in [0.25, 0.3) is 0 Å². The Bertz CT molecular complexity index is 868. The van der Waals surface area contributed by atoms with Crippen molar-refractivity contribution in [2.45, 2.75) is 45.6 Å². The van der Waals surface area contributed by atoms with Gasteiger partial charge >= 0.3 is 11.9 Å². The molecule has 0 unspecified atom stereocenters. The number of benzene rings is 2. The van der Waals surface area contributed by atoms with E-state index in [0.29, 0.717) is 12.5 Å². The zero-order valence-electron chi connectivity index (χ0n) is 19.4. The monoisotopic (exact) mass is 454 g/mol. The summed E-state index contributed by atoms with van der Waals surface area (Å²) < 4.78 is 0. The average Bonchev–Trinajstić information content (AvgIpc) is 2.84. The normalized spacial score (nSPS) is 15.1. The number of carboxylic acid groups (broad SMARTS) is 2. The van der Waals surface area contributed by atoms with E-state index < -0.39 is 11.9 Å². The predicted molar refractivity (Wildman–Crippen MR) is 128 cm³/mol. The molecule has 2 aromatic carbocycles. The van der Waals surface area contributed by atoms with Crippen molar-refractivity contribution < 1.29 is 24.6 Å². The number of nitrogens with zero attached hydrogens (tertiary/aromatic N) is 2. The molecular formula is C26H34N2O5. The van der Waals surface area contributed by atoms with Gasteiger partial charge in [-0.2, -0.15) is 0 Å². The largest absolute Gasteiger partial charge is 0.473 e. The molecule has 0 radical (unpaired) electrons. The Balaban J connectivity index is 0.000000569. The number of rotatable bonds is 7. The van der Waals surface area contributed by atoms with Gasteiger partial charge in [0.25, 0.3) is 0 Å². The van der Waals surface area contributed by atoms with Gasteiger partial charge in [-0.1, -0.05) is 55.5 Å². The maximum Gasteiger partial charge on any atom is 0.414 e. The minimum atomic E-state index is -1.82. The summed E-state index contributed by atoms with van der Waals surface area (Å²) in [6.45, 7) is 7.22. The van der Waals surface area contributed by atoms with Gasteiger partial charge in [0.05, 0.1) is 0 Å². The fraction of sp³-hybridized carbons (Fsp3) is 0.423. The SMILES string of the molecule is CCC(=O)N(C[C@H](C)N1CCC(Cc2ccccc2)CC1)c1ccccc1.O=C(O)C(=O)O. The van der Waals surface area contributed by atoms with Crippen molar-refractivity contribution in [1.82, 2.24) is 4.90 Å². The van der Waals surface area contributed by atoms with Gasteiger partial charge in [0.1, 0.15) is 0 Å². The quantitative estimate of drug-likeness (QED) is 0.615. The van der Waals surface area contributed by atoms with Crippen molar-refractivity contribution in [3.05, 3.63) is 66.2 Å². The van der Waals surface area contributed by atoms with Crippen LogP contribution in [-0.2, 0) is 20.8 Å². The highest BCUT2D eigenvalue weighted by atomic mass is 16.4. The second-order valence-electron chi connectivity index (χ2n) is 8.32. The molecule has 1 amide bonds. The van der Waals surface area contributed by atoms with Crippen molar-refractivity contribution in [2.75, 3.05) is 24.5 Å². The van der Waals surface area contributed by atoms with Gasteiger partial charge in [0, 0.05) is 24.7 Å². The summed E-state index contributed by atoms with van der Waals surface area (Å²) in [5.74, 6) is -2.67. The molecule has 2 aromatic rings. The maximum atomic E-state index is 12.5. The van der Waals surface area contributed by atoms with E-state index in [2.05, 4.69) is 42.2 Å². The maximum absolute atomic E-state index is 12.5. The Kier molecular flexibility index (Phi) is 10.6. The Morgan fingerprint density at radius 3 is 1.94 bits per heavy atom. The van der Waals surface area contributed by atoms with Crippen molar-refractivity contribution in [3.8, 4) is 0 Å². The molecular weight excluding hydrogens is 420 g/mol. The van der Waals surface area contributed by atoms with Crippen LogP contribution in [0.3, 0.4) is 0 Å². The third-order valence-electron chi connectivity index (χ3n) is 5.94. The Labute approximate surface area is 195 Å². The topological polar surface area (TPSA) is 98.2 Å². The first-order valence-corrected chi connectivity index (χ1v) is 11.4. The number of hydrogen-bond donors (Lipinski definition) is 2. The van der Waals surface area contributed by atoms with Crippen molar-refractivity contribution in [3.63, 3.8) is 0 Å². The number of piperidine rings is 1. The number of carbonyl (C=O) groups excluding carboxylic acids is 1. The third-order valence-corrected chi connectivity index (χ3v) is 5.94. The number of aliphatic carboxylic acids is 2. The first-order chi connectivity index (χ1) is 15.8. The lowest BCUT2D eigenvalue weighted by atomic mass is 9.89. The van der Waals surface area contributed by atoms with Gasteiger partial charge in [-0.15, -0.1) is 0 Å². The number of anilines is 1. The van der Waals surface area contributed by atoms with Crippen LogP contribution in [0.5, 0.6) is 0 Å². The molecule has 0 spiro atoms. The van der Waals surface area contributed by atoms with Gasteiger partial charge in [0.2, 0.25) is 5.91 Å². The van der Waals surface area contributed by atoms with Crippen LogP contribution in [0.4, 0.5) is 5.69 Å². The molecule has 178 valence electrons. The molecule has 1 aliphatic heterocycles. The molecule has 1 fully saturated rings. The zero-order chi connectivity index (χ0) is 24.2. The van der Waals surface area contributed by atoms with E-state index in [-0.39, 0.29) is 5.91 Å². The van der Waals surface area contributed by atoms with Crippen LogP contribution < -0.4 is 4.90 Å². The molecule has 2 N–H and O–H groups in total. The van der Waals surface area contributed by atoms with Gasteiger partial charge in [-0.25, -0.2) is 9.59 Å². The van der Waals surface area contributed by atoms with E-state index in [0.717, 1.165) is 31.2 Å². The second kappa shape index (κ2) is 13.4. The van der Waals surface area contributed by atoms with Crippen LogP contribution in [0.2, 0.25) is 0 Å². The standard InChI is InChI=1S/C24H32N2O.C2H2O4/c1-3-24(27)26(23-12-8-5-9-13-23)19-20(2)25-16-14-22(15-17-25)18-21-10-6-4-7-11-21;3-1(4)2(5)6/h4-13,20,22H,3,14-19H2,1-2H3;(H,3,4)(H,5,6)/t20-;/m0./s1. The average molecular weight is 455 g/mol. The predicted octanol–water partition coefficient (Wildman–Crippen LogP) is 3.93. The first-order valence-electron chi connectivity index (χ1n) is 11.4. The highest BCUT2D eigenvalue weighted by Gasteiger charge is 2.25. The fourth-order valence-corrected chi connectivity index (χ4v) is 4.07. The van der Waals surface area contributed by atoms with E-state index in [9.17, 15) is 4.79 Å². The molecule has 7 nitrogen and oxygen atoms in total. The van der Waals surface area contributed by atoms with Gasteiger partial charge in [-0.05, 0) is 62.9 Å². The van der Waals surface area contributed by atoms with Crippen molar-refractivity contribution >= 4 is 23.5 Å². The molecule has 1 atom stereocenters. The summed E-state index contributed by atoms with van der Waals surface area (Å²) in [5.41, 5.74) is 2.46. The molecule has 7 heteroatoms. The van der Waals surface area contributed by atoms with E-state index in [1.165, 1.54) is 24.8 Å². The van der Waals surface area contributed by atoms with Crippen LogP contribution in [0.15, 0.2) is 60.7 Å². The summed E-state index contributed by atoms with van der Waals surface area (Å²) in [7, 11) is 0. The number of carbonyl (C=O) groups is 3. The van der Waals surface area contributed by atoms with Crippen LogP contribution in [0.1, 0.15) is 38.7 Å². The molecule has 0 aromatic heterocycles. The zero-order valence-corrected chi connectivity index (χ0v) is 19.4. The second-order valence-corrected chi connectivity index (χ2v) is 8.32. The minimum Gasteiger partial charge on any atom is -0.473 e. The van der Waals surface area contributed by atoms with E-state index in [1.807, 2.05) is 42.2 Å². The Morgan fingerprint density at radius 2 is 1.45 bits per heavy atom. The molecule has 33 heavy (non-hydrogen) atoms. The molecule has 0 aliphatic carbocycles. The molecule has 0 bridgehead atoms. The summed E-state index contributed by atoms with van der Waals surface area (Å²) in [6.07, 6.45) is 4.22. The summed E-state index contributed by atoms with van der Waals surface area (Å²) in [4.78, 5) is 35.2. The Hall–Kier alpha value is -3.19. The number of carboxylic acids is 2. The van der Waals surface area contributed by atoms with Gasteiger partial charge in [0.15, 0.2) is 0 Å². The van der Waals surface area contributed by atoms with Crippen molar-refractivity contribution in [2.24, 2.45) is 5.92 Å². The van der Waals surface area contributed by atoms with E-state index in [1.54, 1.807) is 0 Å². The Morgan fingerprint density at radius 1 is 0.939 bits per heavy atom. The fourth-order valence-electron chi connectivity index (χ4n) is 4.07. The lowest BCUT2D eigenvalue weighted by Gasteiger charge is -2.38. The first kappa shape index (κ1) is 26.1. The van der Waals surface area contributed by atoms with E-state index in [4.69, 9.17) is 19.8 Å². The molecule has 3 rings (SSSR count). The molecule has 1 saturated heterocycles. The molecule has 1 aliphatic rings. The third kappa shape index (κ3) is 8.69. The smallest absolute Gasteiger partial charge is 0.414 e. The lowest BCUT2D eigenvalue weighted by molar-refractivity contribution is -0.159. The van der Waals surface area contributed by atoms with Crippen LogP contribution in [0, 0.1) is 5.92 Å². The summed E-state index contributed by atoms with van der Waals surface area (Å²) in [5, 5.41) is 14.8. The van der Waals surface area contributed by atoms with Crippen molar-refractivity contribution in [1.29, 1.82) is 0 Å². The van der Waals surface area contributed by atoms with Gasteiger partial charge in [-0.3, -0.25) is 9.69 Å². The summed E-state index contributed by atoms with van der Waals surface area (Å²) >= 11 is 0. The molecule has 0 saturated carbocycles. The van der Waals surface area contributed by atoms with Crippen LogP contribution in [-0.4, -0.2) is 58.6 Å². The van der Waals surface area contributed by atoms with Crippen LogP contribution >= 0.6 is 0 Å². The minimum absolute atomic E-state index is 0.201. The number of para-hydroxylation sites is 1. The highest BCUT2D eigenvalue weighted by molar-refractivity contribution is 6.27. The number of hydrogen-bond acceptors (Lipinski definition) is 4. The molecule has 1 heterocycles. The van der Waals surface area contributed by atoms with Gasteiger partial charge < -0.3 is 15.1 Å². The number of amides is 1. The van der Waals surface area contributed by atoms with E-state index >= 15 is 0 Å².